The molecule has 0 radical (unpaired) electrons. The molecule has 1 N–H and O–H groups in total. The van der Waals surface area contributed by atoms with Crippen molar-refractivity contribution in [2.75, 3.05) is 6.54 Å². The van der Waals surface area contributed by atoms with E-state index < -0.39 is 18.1 Å². The van der Waals surface area contributed by atoms with Crippen LogP contribution in [0.15, 0.2) is 16.3 Å². The van der Waals surface area contributed by atoms with Gasteiger partial charge in [-0.2, -0.15) is 13.2 Å². The standard InChI is InChI=1S/C12H16F3N3O/c1-6-7(2)16-8(3)18-5-9(4-10(6)18)17-11(19)12(13,14)15/h7,9H,4-5H2,1-3H3,(H,17,19). The van der Waals surface area contributed by atoms with Gasteiger partial charge in [0.1, 0.15) is 5.84 Å². The molecule has 2 aliphatic heterocycles. The Kier molecular flexibility index (Phi) is 3.32. The van der Waals surface area contributed by atoms with E-state index in [1.165, 1.54) is 0 Å². The number of nitrogens with zero attached hydrogens (tertiary/aromatic N) is 2. The number of amidine groups is 1. The number of hydrogen-bond donors (Lipinski definition) is 1. The van der Waals surface area contributed by atoms with Crippen LogP contribution in [0.4, 0.5) is 13.2 Å². The van der Waals surface area contributed by atoms with Gasteiger partial charge < -0.3 is 10.2 Å². The van der Waals surface area contributed by atoms with Gasteiger partial charge in [0.25, 0.3) is 0 Å². The zero-order chi connectivity index (χ0) is 14.4. The number of nitrogens with one attached hydrogen (secondary N) is 1. The molecule has 0 aromatic rings. The Hall–Kier alpha value is -1.53. The number of amides is 1. The van der Waals surface area contributed by atoms with E-state index in [9.17, 15) is 18.0 Å². The predicted octanol–water partition coefficient (Wildman–Crippen LogP) is 1.83. The molecular formula is C12H16F3N3O. The van der Waals surface area contributed by atoms with Crippen molar-refractivity contribution in [2.45, 2.75) is 45.5 Å². The van der Waals surface area contributed by atoms with Crippen molar-refractivity contribution in [1.82, 2.24) is 10.2 Å². The van der Waals surface area contributed by atoms with E-state index in [0.29, 0.717) is 13.0 Å². The smallest absolute Gasteiger partial charge is 0.343 e. The van der Waals surface area contributed by atoms with Gasteiger partial charge in [-0.05, 0) is 26.3 Å². The highest BCUT2D eigenvalue weighted by Crippen LogP contribution is 2.31. The zero-order valence-electron chi connectivity index (χ0n) is 11.0. The summed E-state index contributed by atoms with van der Waals surface area (Å²) in [5.41, 5.74) is 2.03. The van der Waals surface area contributed by atoms with Crippen LogP contribution in [0.25, 0.3) is 0 Å². The van der Waals surface area contributed by atoms with Crippen molar-refractivity contribution in [3.05, 3.63) is 11.3 Å². The average molecular weight is 275 g/mol. The highest BCUT2D eigenvalue weighted by Gasteiger charge is 2.42. The van der Waals surface area contributed by atoms with Crippen molar-refractivity contribution < 1.29 is 18.0 Å². The molecule has 2 heterocycles. The van der Waals surface area contributed by atoms with Gasteiger partial charge in [-0.1, -0.05) is 0 Å². The Labute approximate surface area is 109 Å². The summed E-state index contributed by atoms with van der Waals surface area (Å²) in [6.07, 6.45) is -4.41. The summed E-state index contributed by atoms with van der Waals surface area (Å²) in [6.45, 7) is 6.05. The minimum absolute atomic E-state index is 0.0447. The van der Waals surface area contributed by atoms with E-state index in [1.807, 2.05) is 31.0 Å². The van der Waals surface area contributed by atoms with Crippen molar-refractivity contribution >= 4 is 11.7 Å². The number of carbonyl (C=O) groups excluding carboxylic acids is 1. The number of fused-ring (bicyclic) bond motifs is 1. The summed E-state index contributed by atoms with van der Waals surface area (Å²) in [7, 11) is 0. The first-order chi connectivity index (χ1) is 8.70. The van der Waals surface area contributed by atoms with E-state index in [0.717, 1.165) is 17.1 Å². The minimum Gasteiger partial charge on any atom is -0.343 e. The highest BCUT2D eigenvalue weighted by atomic mass is 19.4. The summed E-state index contributed by atoms with van der Waals surface area (Å²) in [5.74, 6) is -1.09. The lowest BCUT2D eigenvalue weighted by atomic mass is 10.0. The Morgan fingerprint density at radius 3 is 2.63 bits per heavy atom. The molecule has 1 fully saturated rings. The fraction of sp³-hybridized carbons (Fsp3) is 0.667. The Morgan fingerprint density at radius 2 is 2.05 bits per heavy atom. The molecule has 2 aliphatic rings. The normalized spacial score (nSPS) is 27.3. The lowest BCUT2D eigenvalue weighted by Gasteiger charge is -2.28. The zero-order valence-corrected chi connectivity index (χ0v) is 11.0. The molecule has 0 bridgehead atoms. The molecule has 0 spiro atoms. The highest BCUT2D eigenvalue weighted by molar-refractivity contribution is 5.85. The number of halogens is 3. The van der Waals surface area contributed by atoms with Gasteiger partial charge in [0.2, 0.25) is 0 Å². The third kappa shape index (κ3) is 2.59. The maximum atomic E-state index is 12.2. The van der Waals surface area contributed by atoms with Gasteiger partial charge in [0, 0.05) is 18.7 Å². The van der Waals surface area contributed by atoms with E-state index in [2.05, 4.69) is 4.99 Å². The van der Waals surface area contributed by atoms with Gasteiger partial charge in [0.15, 0.2) is 0 Å². The number of hydrogen-bond acceptors (Lipinski definition) is 3. The second-order valence-corrected chi connectivity index (χ2v) is 4.96. The Morgan fingerprint density at radius 1 is 1.42 bits per heavy atom. The largest absolute Gasteiger partial charge is 0.471 e. The molecule has 0 aliphatic carbocycles. The van der Waals surface area contributed by atoms with Crippen LogP contribution in [0.3, 0.4) is 0 Å². The summed E-state index contributed by atoms with van der Waals surface area (Å²) in [6, 6.07) is -0.474. The fourth-order valence-corrected chi connectivity index (χ4v) is 2.49. The first-order valence-electron chi connectivity index (χ1n) is 6.09. The fourth-order valence-electron chi connectivity index (χ4n) is 2.49. The maximum Gasteiger partial charge on any atom is 0.471 e. The van der Waals surface area contributed by atoms with E-state index in [-0.39, 0.29) is 6.04 Å². The molecule has 2 rings (SSSR count). The van der Waals surface area contributed by atoms with E-state index in [1.54, 1.807) is 0 Å². The maximum absolute atomic E-state index is 12.2. The molecule has 2 atom stereocenters. The Bertz CT molecular complexity index is 467. The monoisotopic (exact) mass is 275 g/mol. The molecule has 4 nitrogen and oxygen atoms in total. The van der Waals surface area contributed by atoms with E-state index >= 15 is 0 Å². The molecule has 19 heavy (non-hydrogen) atoms. The summed E-state index contributed by atoms with van der Waals surface area (Å²) in [5, 5.41) is 2.04. The van der Waals surface area contributed by atoms with E-state index in [4.69, 9.17) is 0 Å². The predicted molar refractivity (Wildman–Crippen MR) is 64.6 cm³/mol. The van der Waals surface area contributed by atoms with Crippen LogP contribution in [0.2, 0.25) is 0 Å². The van der Waals surface area contributed by atoms with Crippen LogP contribution in [-0.4, -0.2) is 41.4 Å². The first kappa shape index (κ1) is 13.9. The van der Waals surface area contributed by atoms with Crippen molar-refractivity contribution in [2.24, 2.45) is 4.99 Å². The van der Waals surface area contributed by atoms with Gasteiger partial charge in [-0.25, -0.2) is 0 Å². The van der Waals surface area contributed by atoms with Gasteiger partial charge in [-0.3, -0.25) is 9.79 Å². The van der Waals surface area contributed by atoms with Crippen LogP contribution in [0.1, 0.15) is 27.2 Å². The molecule has 0 saturated carbocycles. The number of alkyl halides is 3. The third-order valence-electron chi connectivity index (χ3n) is 3.61. The van der Waals surface area contributed by atoms with Crippen molar-refractivity contribution in [3.63, 3.8) is 0 Å². The summed E-state index contributed by atoms with van der Waals surface area (Å²) < 4.78 is 36.7. The average Bonchev–Trinajstić information content (AvgIpc) is 2.69. The van der Waals surface area contributed by atoms with Crippen LogP contribution in [0.5, 0.6) is 0 Å². The third-order valence-corrected chi connectivity index (χ3v) is 3.61. The summed E-state index contributed by atoms with van der Waals surface area (Å²) in [4.78, 5) is 17.3. The van der Waals surface area contributed by atoms with Crippen LogP contribution < -0.4 is 5.32 Å². The topological polar surface area (TPSA) is 44.7 Å². The molecule has 0 aromatic carbocycles. The second-order valence-electron chi connectivity index (χ2n) is 4.96. The molecule has 1 amide bonds. The quantitative estimate of drug-likeness (QED) is 0.793. The summed E-state index contributed by atoms with van der Waals surface area (Å²) >= 11 is 0. The van der Waals surface area contributed by atoms with Crippen molar-refractivity contribution in [1.29, 1.82) is 0 Å². The number of rotatable bonds is 1. The molecular weight excluding hydrogens is 259 g/mol. The Balaban J connectivity index is 2.11. The van der Waals surface area contributed by atoms with Gasteiger partial charge >= 0.3 is 12.1 Å². The minimum atomic E-state index is -4.83. The SMILES string of the molecule is CC1=NC(C)C(C)=C2CC(NC(=O)C(F)(F)F)CN12. The molecule has 2 unspecified atom stereocenters. The first-order valence-corrected chi connectivity index (χ1v) is 6.09. The van der Waals surface area contributed by atoms with Crippen LogP contribution >= 0.6 is 0 Å². The number of aliphatic imine (C=N–C) groups is 1. The van der Waals surface area contributed by atoms with Crippen LogP contribution in [-0.2, 0) is 4.79 Å². The van der Waals surface area contributed by atoms with Crippen LogP contribution in [0, 0.1) is 0 Å². The second kappa shape index (κ2) is 4.54. The van der Waals surface area contributed by atoms with Crippen molar-refractivity contribution in [3.8, 4) is 0 Å². The lowest BCUT2D eigenvalue weighted by molar-refractivity contribution is -0.174. The molecule has 1 saturated heterocycles. The lowest BCUT2D eigenvalue weighted by Crippen LogP contribution is -2.44. The molecule has 106 valence electrons. The molecule has 7 heteroatoms. The number of carbonyl (C=O) groups is 1. The molecule has 0 aromatic heterocycles. The van der Waals surface area contributed by atoms with Gasteiger partial charge in [-0.15, -0.1) is 0 Å². The van der Waals surface area contributed by atoms with Gasteiger partial charge in [0.05, 0.1) is 12.1 Å².